The molecule has 0 amide bonds. The highest BCUT2D eigenvalue weighted by atomic mass is 32.1. The first-order chi connectivity index (χ1) is 6.72. The minimum Gasteiger partial charge on any atom is -0.383 e. The summed E-state index contributed by atoms with van der Waals surface area (Å²) >= 11 is 1.88. The summed E-state index contributed by atoms with van der Waals surface area (Å²) in [5.41, 5.74) is 0. The van der Waals surface area contributed by atoms with Gasteiger partial charge < -0.3 is 10.1 Å². The SMILES string of the molecule is COCCNC(C)Cc1ccc(C)s1. The average Bonchev–Trinajstić information content (AvgIpc) is 2.52. The molecule has 0 radical (unpaired) electrons. The molecule has 0 aliphatic carbocycles. The fourth-order valence-corrected chi connectivity index (χ4v) is 2.40. The van der Waals surface area contributed by atoms with Crippen molar-refractivity contribution in [3.05, 3.63) is 21.9 Å². The minimum atomic E-state index is 0.531. The Hall–Kier alpha value is -0.380. The van der Waals surface area contributed by atoms with Gasteiger partial charge in [0, 0.05) is 29.5 Å². The molecular weight excluding hydrogens is 194 g/mol. The van der Waals surface area contributed by atoms with Crippen LogP contribution in [-0.2, 0) is 11.2 Å². The lowest BCUT2D eigenvalue weighted by molar-refractivity contribution is 0.196. The molecular formula is C11H19NOS. The fourth-order valence-electron chi connectivity index (χ4n) is 1.38. The number of hydrogen-bond donors (Lipinski definition) is 1. The first-order valence-electron chi connectivity index (χ1n) is 5.00. The van der Waals surface area contributed by atoms with Gasteiger partial charge in [-0.15, -0.1) is 11.3 Å². The van der Waals surface area contributed by atoms with Gasteiger partial charge in [-0.05, 0) is 32.4 Å². The van der Waals surface area contributed by atoms with E-state index in [0.29, 0.717) is 6.04 Å². The maximum absolute atomic E-state index is 4.99. The molecule has 0 aliphatic heterocycles. The van der Waals surface area contributed by atoms with Crippen LogP contribution in [-0.4, -0.2) is 26.3 Å². The molecule has 0 spiro atoms. The lowest BCUT2D eigenvalue weighted by Gasteiger charge is -2.11. The highest BCUT2D eigenvalue weighted by molar-refractivity contribution is 7.11. The van der Waals surface area contributed by atoms with Crippen LogP contribution in [0, 0.1) is 6.92 Å². The fraction of sp³-hybridized carbons (Fsp3) is 0.636. The number of ether oxygens (including phenoxy) is 1. The summed E-state index contributed by atoms with van der Waals surface area (Å²) in [4.78, 5) is 2.85. The molecule has 0 bridgehead atoms. The second-order valence-electron chi connectivity index (χ2n) is 3.56. The third-order valence-electron chi connectivity index (χ3n) is 2.10. The Morgan fingerprint density at radius 1 is 1.50 bits per heavy atom. The predicted molar refractivity (Wildman–Crippen MR) is 62.1 cm³/mol. The summed E-state index contributed by atoms with van der Waals surface area (Å²) in [6, 6.07) is 4.93. The third kappa shape index (κ3) is 4.22. The van der Waals surface area contributed by atoms with Crippen LogP contribution in [0.15, 0.2) is 12.1 Å². The van der Waals surface area contributed by atoms with Gasteiger partial charge in [0.05, 0.1) is 6.61 Å². The molecule has 0 saturated carbocycles. The number of rotatable bonds is 6. The van der Waals surface area contributed by atoms with Crippen molar-refractivity contribution in [2.24, 2.45) is 0 Å². The summed E-state index contributed by atoms with van der Waals surface area (Å²) in [6.07, 6.45) is 1.11. The van der Waals surface area contributed by atoms with E-state index in [1.807, 2.05) is 11.3 Å². The van der Waals surface area contributed by atoms with E-state index in [0.717, 1.165) is 19.6 Å². The Kier molecular flexibility index (Phi) is 5.15. The van der Waals surface area contributed by atoms with Crippen LogP contribution < -0.4 is 5.32 Å². The normalized spacial score (nSPS) is 13.1. The number of aryl methyl sites for hydroxylation is 1. The zero-order valence-corrected chi connectivity index (χ0v) is 9.99. The molecule has 1 heterocycles. The average molecular weight is 213 g/mol. The lowest BCUT2D eigenvalue weighted by atomic mass is 10.2. The van der Waals surface area contributed by atoms with E-state index in [1.54, 1.807) is 7.11 Å². The monoisotopic (exact) mass is 213 g/mol. The van der Waals surface area contributed by atoms with Crippen molar-refractivity contribution in [2.45, 2.75) is 26.3 Å². The molecule has 1 rings (SSSR count). The van der Waals surface area contributed by atoms with Gasteiger partial charge in [-0.2, -0.15) is 0 Å². The van der Waals surface area contributed by atoms with E-state index < -0.39 is 0 Å². The third-order valence-corrected chi connectivity index (χ3v) is 3.13. The van der Waals surface area contributed by atoms with Crippen LogP contribution in [0.2, 0.25) is 0 Å². The van der Waals surface area contributed by atoms with Gasteiger partial charge in [0.15, 0.2) is 0 Å². The quantitative estimate of drug-likeness (QED) is 0.732. The summed E-state index contributed by atoms with van der Waals surface area (Å²) in [6.45, 7) is 6.08. The largest absolute Gasteiger partial charge is 0.383 e. The van der Waals surface area contributed by atoms with Crippen molar-refractivity contribution in [1.82, 2.24) is 5.32 Å². The zero-order chi connectivity index (χ0) is 10.4. The smallest absolute Gasteiger partial charge is 0.0587 e. The summed E-state index contributed by atoms with van der Waals surface area (Å²) in [5.74, 6) is 0. The van der Waals surface area contributed by atoms with Crippen molar-refractivity contribution in [3.8, 4) is 0 Å². The standard InChI is InChI=1S/C11H19NOS/c1-9(12-6-7-13-3)8-11-5-4-10(2)14-11/h4-5,9,12H,6-8H2,1-3H3. The Labute approximate surface area is 90.3 Å². The van der Waals surface area contributed by atoms with Gasteiger partial charge in [0.25, 0.3) is 0 Å². The van der Waals surface area contributed by atoms with E-state index in [1.165, 1.54) is 9.75 Å². The van der Waals surface area contributed by atoms with Gasteiger partial charge in [0.1, 0.15) is 0 Å². The summed E-state index contributed by atoms with van der Waals surface area (Å²) < 4.78 is 4.99. The summed E-state index contributed by atoms with van der Waals surface area (Å²) in [5, 5.41) is 3.42. The van der Waals surface area contributed by atoms with Gasteiger partial charge in [-0.25, -0.2) is 0 Å². The van der Waals surface area contributed by atoms with E-state index in [2.05, 4.69) is 31.3 Å². The maximum Gasteiger partial charge on any atom is 0.0587 e. The maximum atomic E-state index is 4.99. The molecule has 2 nitrogen and oxygen atoms in total. The van der Waals surface area contributed by atoms with Crippen LogP contribution in [0.3, 0.4) is 0 Å². The Morgan fingerprint density at radius 3 is 2.86 bits per heavy atom. The molecule has 14 heavy (non-hydrogen) atoms. The second kappa shape index (κ2) is 6.17. The zero-order valence-electron chi connectivity index (χ0n) is 9.17. The number of nitrogens with one attached hydrogen (secondary N) is 1. The number of hydrogen-bond acceptors (Lipinski definition) is 3. The molecule has 1 N–H and O–H groups in total. The number of methoxy groups -OCH3 is 1. The summed E-state index contributed by atoms with van der Waals surface area (Å²) in [7, 11) is 1.73. The van der Waals surface area contributed by atoms with E-state index >= 15 is 0 Å². The Morgan fingerprint density at radius 2 is 2.29 bits per heavy atom. The van der Waals surface area contributed by atoms with Crippen molar-refractivity contribution >= 4 is 11.3 Å². The highest BCUT2D eigenvalue weighted by Crippen LogP contribution is 2.16. The molecule has 1 unspecified atom stereocenters. The van der Waals surface area contributed by atoms with Crippen molar-refractivity contribution in [1.29, 1.82) is 0 Å². The van der Waals surface area contributed by atoms with Gasteiger partial charge in [-0.3, -0.25) is 0 Å². The topological polar surface area (TPSA) is 21.3 Å². The first-order valence-corrected chi connectivity index (χ1v) is 5.81. The molecule has 80 valence electrons. The molecule has 0 fully saturated rings. The van der Waals surface area contributed by atoms with Crippen LogP contribution in [0.4, 0.5) is 0 Å². The van der Waals surface area contributed by atoms with E-state index in [9.17, 15) is 0 Å². The predicted octanol–water partition coefficient (Wildman–Crippen LogP) is 2.22. The molecule has 3 heteroatoms. The number of thiophene rings is 1. The van der Waals surface area contributed by atoms with Crippen molar-refractivity contribution in [3.63, 3.8) is 0 Å². The second-order valence-corrected chi connectivity index (χ2v) is 4.94. The minimum absolute atomic E-state index is 0.531. The van der Waals surface area contributed by atoms with E-state index in [4.69, 9.17) is 4.74 Å². The van der Waals surface area contributed by atoms with Crippen molar-refractivity contribution in [2.75, 3.05) is 20.3 Å². The highest BCUT2D eigenvalue weighted by Gasteiger charge is 2.03. The molecule has 1 aromatic rings. The Balaban J connectivity index is 2.23. The molecule has 1 aromatic heterocycles. The molecule has 0 saturated heterocycles. The van der Waals surface area contributed by atoms with Crippen LogP contribution in [0.1, 0.15) is 16.7 Å². The molecule has 0 aliphatic rings. The van der Waals surface area contributed by atoms with Crippen LogP contribution in [0.25, 0.3) is 0 Å². The lowest BCUT2D eigenvalue weighted by Crippen LogP contribution is -2.30. The van der Waals surface area contributed by atoms with Gasteiger partial charge in [-0.1, -0.05) is 0 Å². The molecule has 1 atom stereocenters. The van der Waals surface area contributed by atoms with Crippen molar-refractivity contribution < 1.29 is 4.74 Å². The Bertz CT molecular complexity index is 260. The van der Waals surface area contributed by atoms with Crippen LogP contribution in [0.5, 0.6) is 0 Å². The van der Waals surface area contributed by atoms with Gasteiger partial charge >= 0.3 is 0 Å². The molecule has 0 aromatic carbocycles. The van der Waals surface area contributed by atoms with Gasteiger partial charge in [0.2, 0.25) is 0 Å². The van der Waals surface area contributed by atoms with Crippen LogP contribution >= 0.6 is 11.3 Å². The first kappa shape index (κ1) is 11.7. The van der Waals surface area contributed by atoms with E-state index in [-0.39, 0.29) is 0 Å².